The fraction of sp³-hybridized carbons (Fsp3) is 0.500. The molecule has 2 saturated carbocycles. The number of hydrogen-bond donors (Lipinski definition) is 0. The SMILES string of the molecule is ClC1CC(Oc2ccc3cccnc3c2)C12CCCCC2. The molecule has 4 rings (SSSR count). The van der Waals surface area contributed by atoms with Gasteiger partial charge in [-0.3, -0.25) is 4.98 Å². The van der Waals surface area contributed by atoms with E-state index in [9.17, 15) is 0 Å². The number of halogens is 1. The number of benzene rings is 1. The summed E-state index contributed by atoms with van der Waals surface area (Å²) in [6.07, 6.45) is 9.45. The zero-order valence-corrected chi connectivity index (χ0v) is 12.9. The lowest BCUT2D eigenvalue weighted by molar-refractivity contribution is -0.0649. The van der Waals surface area contributed by atoms with Gasteiger partial charge in [0, 0.05) is 34.9 Å². The molecule has 0 amide bonds. The van der Waals surface area contributed by atoms with E-state index in [1.807, 2.05) is 18.3 Å². The summed E-state index contributed by atoms with van der Waals surface area (Å²) < 4.78 is 6.30. The van der Waals surface area contributed by atoms with Crippen LogP contribution in [0.3, 0.4) is 0 Å². The van der Waals surface area contributed by atoms with E-state index in [0.29, 0.717) is 5.38 Å². The average Bonchev–Trinajstić information content (AvgIpc) is 2.55. The van der Waals surface area contributed by atoms with E-state index in [-0.39, 0.29) is 11.5 Å². The Bertz CT molecular complexity index is 650. The molecule has 2 aliphatic carbocycles. The largest absolute Gasteiger partial charge is 0.490 e. The maximum atomic E-state index is 6.55. The zero-order valence-electron chi connectivity index (χ0n) is 12.1. The van der Waals surface area contributed by atoms with Crippen molar-refractivity contribution in [3.8, 4) is 5.75 Å². The van der Waals surface area contributed by atoms with Crippen molar-refractivity contribution in [1.29, 1.82) is 0 Å². The van der Waals surface area contributed by atoms with E-state index < -0.39 is 0 Å². The van der Waals surface area contributed by atoms with Gasteiger partial charge >= 0.3 is 0 Å². The molecule has 0 radical (unpaired) electrons. The number of pyridine rings is 1. The van der Waals surface area contributed by atoms with Gasteiger partial charge in [-0.25, -0.2) is 0 Å². The van der Waals surface area contributed by atoms with Gasteiger partial charge in [-0.15, -0.1) is 11.6 Å². The van der Waals surface area contributed by atoms with Crippen molar-refractivity contribution in [3.05, 3.63) is 36.5 Å². The van der Waals surface area contributed by atoms with Crippen LogP contribution in [0, 0.1) is 5.41 Å². The van der Waals surface area contributed by atoms with Crippen molar-refractivity contribution in [2.24, 2.45) is 5.41 Å². The molecule has 2 atom stereocenters. The number of ether oxygens (including phenoxy) is 1. The van der Waals surface area contributed by atoms with Crippen LogP contribution in [0.15, 0.2) is 36.5 Å². The molecule has 0 bridgehead atoms. The Balaban J connectivity index is 1.57. The van der Waals surface area contributed by atoms with Crippen LogP contribution in [0.1, 0.15) is 38.5 Å². The predicted molar refractivity (Wildman–Crippen MR) is 85.9 cm³/mol. The summed E-state index contributed by atoms with van der Waals surface area (Å²) >= 11 is 6.55. The molecular formula is C18H20ClNO. The van der Waals surface area contributed by atoms with Gasteiger partial charge in [0.2, 0.25) is 0 Å². The lowest BCUT2D eigenvalue weighted by Crippen LogP contribution is -2.58. The fourth-order valence-electron chi connectivity index (χ4n) is 3.99. The Kier molecular flexibility index (Phi) is 3.30. The van der Waals surface area contributed by atoms with Gasteiger partial charge in [0.05, 0.1) is 5.52 Å². The molecule has 0 saturated heterocycles. The van der Waals surface area contributed by atoms with E-state index in [4.69, 9.17) is 16.3 Å². The first-order valence-corrected chi connectivity index (χ1v) is 8.37. The van der Waals surface area contributed by atoms with Gasteiger partial charge in [0.1, 0.15) is 11.9 Å². The van der Waals surface area contributed by atoms with Crippen molar-refractivity contribution in [2.45, 2.75) is 50.0 Å². The maximum absolute atomic E-state index is 6.55. The minimum atomic E-state index is 0.221. The predicted octanol–water partition coefficient (Wildman–Crippen LogP) is 4.94. The van der Waals surface area contributed by atoms with Gasteiger partial charge in [0.15, 0.2) is 0 Å². The molecule has 2 nitrogen and oxygen atoms in total. The Hall–Kier alpha value is -1.28. The van der Waals surface area contributed by atoms with Crippen LogP contribution in [-0.2, 0) is 0 Å². The van der Waals surface area contributed by atoms with Crippen molar-refractivity contribution >= 4 is 22.5 Å². The smallest absolute Gasteiger partial charge is 0.121 e. The van der Waals surface area contributed by atoms with Crippen LogP contribution in [0.4, 0.5) is 0 Å². The van der Waals surface area contributed by atoms with Crippen LogP contribution >= 0.6 is 11.6 Å². The normalized spacial score (nSPS) is 27.5. The molecule has 110 valence electrons. The molecule has 21 heavy (non-hydrogen) atoms. The third-order valence-electron chi connectivity index (χ3n) is 5.33. The molecule has 1 heterocycles. The van der Waals surface area contributed by atoms with Crippen LogP contribution in [0.25, 0.3) is 10.9 Å². The van der Waals surface area contributed by atoms with Crippen LogP contribution < -0.4 is 4.74 Å². The summed E-state index contributed by atoms with van der Waals surface area (Å²) in [5.41, 5.74) is 1.22. The van der Waals surface area contributed by atoms with E-state index in [2.05, 4.69) is 23.2 Å². The van der Waals surface area contributed by atoms with Crippen molar-refractivity contribution in [1.82, 2.24) is 4.98 Å². The van der Waals surface area contributed by atoms with Gasteiger partial charge < -0.3 is 4.74 Å². The summed E-state index contributed by atoms with van der Waals surface area (Å²) in [4.78, 5) is 4.41. The van der Waals surface area contributed by atoms with Gasteiger partial charge in [-0.1, -0.05) is 25.3 Å². The Morgan fingerprint density at radius 3 is 2.81 bits per heavy atom. The van der Waals surface area contributed by atoms with Crippen molar-refractivity contribution in [2.75, 3.05) is 0 Å². The molecule has 2 aliphatic rings. The molecule has 2 fully saturated rings. The molecule has 0 N–H and O–H groups in total. The quantitative estimate of drug-likeness (QED) is 0.733. The van der Waals surface area contributed by atoms with E-state index in [1.165, 1.54) is 32.1 Å². The molecule has 0 aliphatic heterocycles. The Morgan fingerprint density at radius 2 is 2.00 bits per heavy atom. The minimum Gasteiger partial charge on any atom is -0.490 e. The Morgan fingerprint density at radius 1 is 1.14 bits per heavy atom. The van der Waals surface area contributed by atoms with Crippen LogP contribution in [0.5, 0.6) is 5.75 Å². The number of alkyl halides is 1. The van der Waals surface area contributed by atoms with Crippen LogP contribution in [-0.4, -0.2) is 16.5 Å². The van der Waals surface area contributed by atoms with Crippen molar-refractivity contribution in [3.63, 3.8) is 0 Å². The van der Waals surface area contributed by atoms with Gasteiger partial charge in [-0.05, 0) is 31.0 Å². The molecule has 1 aromatic carbocycles. The highest BCUT2D eigenvalue weighted by atomic mass is 35.5. The average molecular weight is 302 g/mol. The molecule has 2 unspecified atom stereocenters. The number of rotatable bonds is 2. The second-order valence-corrected chi connectivity index (χ2v) is 6.99. The molecule has 3 heteroatoms. The monoisotopic (exact) mass is 301 g/mol. The summed E-state index contributed by atoms with van der Waals surface area (Å²) in [5.74, 6) is 0.930. The minimum absolute atomic E-state index is 0.221. The summed E-state index contributed by atoms with van der Waals surface area (Å²) in [6, 6.07) is 10.2. The highest BCUT2D eigenvalue weighted by molar-refractivity contribution is 6.21. The number of aromatic nitrogens is 1. The zero-order chi connectivity index (χ0) is 14.3. The lowest BCUT2D eigenvalue weighted by Gasteiger charge is -2.55. The number of nitrogens with zero attached hydrogens (tertiary/aromatic N) is 1. The standard InChI is InChI=1S/C18H20ClNO/c19-16-12-17(18(16)8-2-1-3-9-18)21-14-7-6-13-5-4-10-20-15(13)11-14/h4-7,10-11,16-17H,1-3,8-9,12H2. The first-order chi connectivity index (χ1) is 10.3. The van der Waals surface area contributed by atoms with E-state index >= 15 is 0 Å². The maximum Gasteiger partial charge on any atom is 0.121 e. The van der Waals surface area contributed by atoms with Crippen LogP contribution in [0.2, 0.25) is 0 Å². The fourth-order valence-corrected chi connectivity index (χ4v) is 4.51. The second-order valence-electron chi connectivity index (χ2n) is 6.46. The summed E-state index contributed by atoms with van der Waals surface area (Å²) in [6.45, 7) is 0. The molecule has 1 aromatic heterocycles. The van der Waals surface area contributed by atoms with Crippen molar-refractivity contribution < 1.29 is 4.74 Å². The molecule has 1 spiro atoms. The van der Waals surface area contributed by atoms with E-state index in [0.717, 1.165) is 23.1 Å². The first-order valence-electron chi connectivity index (χ1n) is 7.93. The molecular weight excluding hydrogens is 282 g/mol. The Labute approximate surface area is 130 Å². The highest BCUT2D eigenvalue weighted by Crippen LogP contribution is 2.55. The molecule has 2 aromatic rings. The van der Waals surface area contributed by atoms with Gasteiger partial charge in [-0.2, -0.15) is 0 Å². The topological polar surface area (TPSA) is 22.1 Å². The lowest BCUT2D eigenvalue weighted by atomic mass is 9.58. The summed E-state index contributed by atoms with van der Waals surface area (Å²) in [7, 11) is 0. The van der Waals surface area contributed by atoms with E-state index in [1.54, 1.807) is 0 Å². The number of hydrogen-bond acceptors (Lipinski definition) is 2. The number of fused-ring (bicyclic) bond motifs is 1. The third-order valence-corrected chi connectivity index (χ3v) is 5.94. The second kappa shape index (κ2) is 5.17. The first kappa shape index (κ1) is 13.4. The highest BCUT2D eigenvalue weighted by Gasteiger charge is 2.55. The third kappa shape index (κ3) is 2.20. The summed E-state index contributed by atoms with van der Waals surface area (Å²) in [5, 5.41) is 1.45. The van der Waals surface area contributed by atoms with Gasteiger partial charge in [0.25, 0.3) is 0 Å².